The Hall–Kier alpha value is -2.23. The van der Waals surface area contributed by atoms with Gasteiger partial charge in [-0.05, 0) is 35.7 Å². The average Bonchev–Trinajstić information content (AvgIpc) is 3.27. The lowest BCUT2D eigenvalue weighted by Gasteiger charge is -2.20. The number of anilines is 1. The molecule has 0 unspecified atom stereocenters. The fraction of sp³-hybridized carbons (Fsp3) is 0.444. The number of aryl methyl sites for hydroxylation is 2. The van der Waals surface area contributed by atoms with Crippen molar-refractivity contribution in [3.63, 3.8) is 0 Å². The largest absolute Gasteiger partial charge is 0.396 e. The minimum Gasteiger partial charge on any atom is -0.396 e. The van der Waals surface area contributed by atoms with Crippen LogP contribution in [0.25, 0.3) is 0 Å². The summed E-state index contributed by atoms with van der Waals surface area (Å²) in [7, 11) is -1.87. The van der Waals surface area contributed by atoms with E-state index in [2.05, 4.69) is 10.4 Å². The van der Waals surface area contributed by atoms with E-state index in [1.165, 1.54) is 10.4 Å². The van der Waals surface area contributed by atoms with Gasteiger partial charge < -0.3 is 10.4 Å². The van der Waals surface area contributed by atoms with E-state index < -0.39 is 10.0 Å². The van der Waals surface area contributed by atoms with E-state index in [-0.39, 0.29) is 35.8 Å². The maximum Gasteiger partial charge on any atom is 0.243 e. The number of aromatic nitrogens is 2. The molecule has 1 amide bonds. The van der Waals surface area contributed by atoms with Gasteiger partial charge in [-0.1, -0.05) is 0 Å². The molecule has 0 radical (unpaired) electrons. The van der Waals surface area contributed by atoms with Crippen molar-refractivity contribution in [2.75, 3.05) is 25.0 Å². The molecule has 1 fully saturated rings. The molecule has 2 aromatic rings. The molecule has 0 spiro atoms. The molecule has 9 heteroatoms. The maximum absolute atomic E-state index is 13.2. The standard InChI is InChI=1S/C18H22N4O4S/c1-21-8-13(7-19-21)16-10-22(9-14(16)11-23)27(25,26)15-3-4-17-12(6-15)2-5-18(24)20-17/h3-4,6-8,14,16,23H,2,5,9-11H2,1H3,(H,20,24)/t14-,16-/m0/s1. The van der Waals surface area contributed by atoms with Gasteiger partial charge in [-0.15, -0.1) is 0 Å². The molecule has 0 saturated carbocycles. The molecule has 2 N–H and O–H groups in total. The Balaban J connectivity index is 1.61. The first kappa shape index (κ1) is 18.1. The Morgan fingerprint density at radius 1 is 1.30 bits per heavy atom. The van der Waals surface area contributed by atoms with Crippen LogP contribution in [0, 0.1) is 5.92 Å². The van der Waals surface area contributed by atoms with E-state index in [9.17, 15) is 18.3 Å². The van der Waals surface area contributed by atoms with Gasteiger partial charge >= 0.3 is 0 Å². The Labute approximate surface area is 157 Å². The second-order valence-electron chi connectivity index (χ2n) is 7.19. The van der Waals surface area contributed by atoms with Crippen molar-refractivity contribution >= 4 is 21.6 Å². The second-order valence-corrected chi connectivity index (χ2v) is 9.12. The van der Waals surface area contributed by atoms with Crippen LogP contribution in [0.15, 0.2) is 35.5 Å². The Morgan fingerprint density at radius 3 is 2.81 bits per heavy atom. The number of hydrogen-bond donors (Lipinski definition) is 2. The summed E-state index contributed by atoms with van der Waals surface area (Å²) in [6.45, 7) is 0.501. The predicted octanol–water partition coefficient (Wildman–Crippen LogP) is 0.701. The second kappa shape index (κ2) is 6.74. The number of carbonyl (C=O) groups is 1. The summed E-state index contributed by atoms with van der Waals surface area (Å²) >= 11 is 0. The van der Waals surface area contributed by atoms with Crippen molar-refractivity contribution in [3.8, 4) is 0 Å². The van der Waals surface area contributed by atoms with E-state index in [4.69, 9.17) is 0 Å². The molecule has 2 aliphatic heterocycles. The predicted molar refractivity (Wildman–Crippen MR) is 98.7 cm³/mol. The smallest absolute Gasteiger partial charge is 0.243 e. The molecule has 8 nitrogen and oxygen atoms in total. The number of amides is 1. The van der Waals surface area contributed by atoms with Crippen LogP contribution in [0.2, 0.25) is 0 Å². The lowest BCUT2D eigenvalue weighted by atomic mass is 9.92. The number of nitrogens with zero attached hydrogens (tertiary/aromatic N) is 3. The SMILES string of the molecule is Cn1cc([C@@H]2CN(S(=O)(=O)c3ccc4c(c3)CCC(=O)N4)C[C@H]2CO)cn1. The fourth-order valence-corrected chi connectivity index (χ4v) is 5.47. The Morgan fingerprint density at radius 2 is 2.11 bits per heavy atom. The zero-order valence-electron chi connectivity index (χ0n) is 15.0. The van der Waals surface area contributed by atoms with Crippen molar-refractivity contribution in [2.45, 2.75) is 23.7 Å². The van der Waals surface area contributed by atoms with Crippen LogP contribution in [-0.2, 0) is 28.3 Å². The van der Waals surface area contributed by atoms with Gasteiger partial charge in [-0.3, -0.25) is 9.48 Å². The highest BCUT2D eigenvalue weighted by atomic mass is 32.2. The number of benzene rings is 1. The molecule has 3 heterocycles. The van der Waals surface area contributed by atoms with E-state index in [1.807, 2.05) is 13.2 Å². The monoisotopic (exact) mass is 390 g/mol. The van der Waals surface area contributed by atoms with Crippen molar-refractivity contribution in [1.29, 1.82) is 0 Å². The topological polar surface area (TPSA) is 105 Å². The number of aliphatic hydroxyl groups is 1. The maximum atomic E-state index is 13.2. The number of hydrogen-bond acceptors (Lipinski definition) is 5. The summed E-state index contributed by atoms with van der Waals surface area (Å²) in [6, 6.07) is 4.83. The number of carbonyl (C=O) groups excluding carboxylic acids is 1. The summed E-state index contributed by atoms with van der Waals surface area (Å²) in [5, 5.41) is 16.7. The number of sulfonamides is 1. The van der Waals surface area contributed by atoms with Gasteiger partial charge in [0.05, 0.1) is 11.1 Å². The van der Waals surface area contributed by atoms with Crippen LogP contribution >= 0.6 is 0 Å². The molecular weight excluding hydrogens is 368 g/mol. The Bertz CT molecular complexity index is 985. The molecule has 1 saturated heterocycles. The molecule has 1 aromatic heterocycles. The highest BCUT2D eigenvalue weighted by Crippen LogP contribution is 2.36. The third-order valence-corrected chi connectivity index (χ3v) is 7.23. The lowest BCUT2D eigenvalue weighted by molar-refractivity contribution is -0.116. The van der Waals surface area contributed by atoms with Crippen LogP contribution in [0.4, 0.5) is 5.69 Å². The minimum atomic E-state index is -3.68. The van der Waals surface area contributed by atoms with Crippen LogP contribution in [0.3, 0.4) is 0 Å². The molecule has 2 aliphatic rings. The molecule has 144 valence electrons. The highest BCUT2D eigenvalue weighted by molar-refractivity contribution is 7.89. The summed E-state index contributed by atoms with van der Waals surface area (Å²) < 4.78 is 29.4. The summed E-state index contributed by atoms with van der Waals surface area (Å²) in [5.41, 5.74) is 2.44. The first-order chi connectivity index (χ1) is 12.9. The molecule has 1 aromatic carbocycles. The summed E-state index contributed by atoms with van der Waals surface area (Å²) in [6.07, 6.45) is 4.48. The molecule has 27 heavy (non-hydrogen) atoms. The van der Waals surface area contributed by atoms with Gasteiger partial charge in [0.1, 0.15) is 0 Å². The first-order valence-electron chi connectivity index (χ1n) is 8.91. The van der Waals surface area contributed by atoms with Crippen molar-refractivity contribution in [1.82, 2.24) is 14.1 Å². The summed E-state index contributed by atoms with van der Waals surface area (Å²) in [4.78, 5) is 11.7. The van der Waals surface area contributed by atoms with Crippen LogP contribution in [0.1, 0.15) is 23.5 Å². The third-order valence-electron chi connectivity index (χ3n) is 5.40. The van der Waals surface area contributed by atoms with Gasteiger partial charge in [0.25, 0.3) is 0 Å². The minimum absolute atomic E-state index is 0.0530. The number of fused-ring (bicyclic) bond motifs is 1. The number of nitrogens with one attached hydrogen (secondary N) is 1. The van der Waals surface area contributed by atoms with Gasteiger partial charge in [-0.25, -0.2) is 8.42 Å². The van der Waals surface area contributed by atoms with Gasteiger partial charge in [0.15, 0.2) is 0 Å². The van der Waals surface area contributed by atoms with Crippen LogP contribution in [0.5, 0.6) is 0 Å². The first-order valence-corrected chi connectivity index (χ1v) is 10.3. The van der Waals surface area contributed by atoms with Gasteiger partial charge in [0.2, 0.25) is 15.9 Å². The van der Waals surface area contributed by atoms with Crippen molar-refractivity contribution < 1.29 is 18.3 Å². The van der Waals surface area contributed by atoms with Crippen LogP contribution in [-0.4, -0.2) is 53.2 Å². The zero-order chi connectivity index (χ0) is 19.2. The number of aliphatic hydroxyl groups excluding tert-OH is 1. The summed E-state index contributed by atoms with van der Waals surface area (Å²) in [5.74, 6) is -0.306. The van der Waals surface area contributed by atoms with Crippen molar-refractivity contribution in [3.05, 3.63) is 41.7 Å². The molecule has 0 bridgehead atoms. The zero-order valence-corrected chi connectivity index (χ0v) is 15.8. The molecule has 2 atom stereocenters. The van der Waals surface area contributed by atoms with Gasteiger partial charge in [0, 0.05) is 56.9 Å². The molecule has 4 rings (SSSR count). The van der Waals surface area contributed by atoms with E-state index >= 15 is 0 Å². The van der Waals surface area contributed by atoms with E-state index in [1.54, 1.807) is 23.0 Å². The molecule has 0 aliphatic carbocycles. The Kier molecular flexibility index (Phi) is 4.53. The molecular formula is C18H22N4O4S. The van der Waals surface area contributed by atoms with Gasteiger partial charge in [-0.2, -0.15) is 9.40 Å². The quantitative estimate of drug-likeness (QED) is 0.800. The van der Waals surface area contributed by atoms with Crippen molar-refractivity contribution in [2.24, 2.45) is 13.0 Å². The van der Waals surface area contributed by atoms with Crippen LogP contribution < -0.4 is 5.32 Å². The normalized spacial score (nSPS) is 23.3. The number of rotatable bonds is 4. The fourth-order valence-electron chi connectivity index (χ4n) is 3.89. The average molecular weight is 390 g/mol. The highest BCUT2D eigenvalue weighted by Gasteiger charge is 2.40. The lowest BCUT2D eigenvalue weighted by Crippen LogP contribution is -2.30. The van der Waals surface area contributed by atoms with E-state index in [0.29, 0.717) is 25.1 Å². The third kappa shape index (κ3) is 3.26. The van der Waals surface area contributed by atoms with E-state index in [0.717, 1.165) is 11.1 Å².